The fourth-order valence-corrected chi connectivity index (χ4v) is 2.86. The summed E-state index contributed by atoms with van der Waals surface area (Å²) in [6.07, 6.45) is 4.65. The van der Waals surface area contributed by atoms with E-state index in [0.717, 1.165) is 0 Å². The van der Waals surface area contributed by atoms with Crippen molar-refractivity contribution >= 4 is 0 Å². The Hall–Kier alpha value is -3.75. The molecule has 0 amide bonds. The monoisotopic (exact) mass is 366 g/mol. The molecule has 4 aromatic rings. The zero-order chi connectivity index (χ0) is 18.8. The van der Waals surface area contributed by atoms with Crippen LogP contribution in [0.3, 0.4) is 0 Å². The van der Waals surface area contributed by atoms with Gasteiger partial charge in [-0.15, -0.1) is 0 Å². The Morgan fingerprint density at radius 2 is 0.852 bits per heavy atom. The van der Waals surface area contributed by atoms with Crippen LogP contribution in [0.5, 0.6) is 0 Å². The first-order valence-electron chi connectivity index (χ1n) is 8.29. The van der Waals surface area contributed by atoms with Gasteiger partial charge >= 0.3 is 0 Å². The fraction of sp³-hybridized carbons (Fsp3) is 0.167. The highest BCUT2D eigenvalue weighted by Gasteiger charge is 2.13. The van der Waals surface area contributed by atoms with Crippen LogP contribution in [-0.2, 0) is 19.6 Å². The molecule has 0 fully saturated rings. The summed E-state index contributed by atoms with van der Waals surface area (Å²) in [6, 6.07) is 10.6. The van der Waals surface area contributed by atoms with Gasteiger partial charge in [-0.2, -0.15) is 0 Å². The van der Waals surface area contributed by atoms with Gasteiger partial charge in [0.05, 0.1) is 38.4 Å². The van der Waals surface area contributed by atoms with Crippen LogP contribution < -0.4 is 16.9 Å². The molecular weight excluding hydrogens is 348 g/mol. The molecule has 3 N–H and O–H groups in total. The van der Waals surface area contributed by atoms with Gasteiger partial charge in [0.1, 0.15) is 17.3 Å². The quantitative estimate of drug-likeness (QED) is 0.478. The molecule has 0 radical (unpaired) electrons. The number of hydrogen-bond donors (Lipinski definition) is 3. The smallest absolute Gasteiger partial charge is 0.208 e. The Bertz CT molecular complexity index is 1010. The number of nitrogens with zero attached hydrogens (tertiary/aromatic N) is 3. The first kappa shape index (κ1) is 16.7. The molecule has 0 aromatic carbocycles. The van der Waals surface area contributed by atoms with Gasteiger partial charge in [0.15, 0.2) is 0 Å². The fourth-order valence-electron chi connectivity index (χ4n) is 2.86. The molecule has 4 aromatic heterocycles. The maximum Gasteiger partial charge on any atom is 0.208 e. The highest BCUT2D eigenvalue weighted by atomic mass is 16.3. The summed E-state index contributed by atoms with van der Waals surface area (Å²) in [5, 5.41) is 25.6. The third-order valence-electron chi connectivity index (χ3n) is 4.22. The Balaban J connectivity index is 1.88. The summed E-state index contributed by atoms with van der Waals surface area (Å²) < 4.78 is 20.6. The van der Waals surface area contributed by atoms with E-state index in [1.165, 1.54) is 13.7 Å². The lowest BCUT2D eigenvalue weighted by molar-refractivity contribution is 0.385. The molecule has 0 bridgehead atoms. The summed E-state index contributed by atoms with van der Waals surface area (Å²) in [4.78, 5) is 0. The van der Waals surface area contributed by atoms with Crippen molar-refractivity contribution in [1.82, 2.24) is 13.7 Å². The number of rotatable bonds is 6. The van der Waals surface area contributed by atoms with Crippen molar-refractivity contribution in [2.24, 2.45) is 0 Å². The van der Waals surface area contributed by atoms with Crippen molar-refractivity contribution in [2.45, 2.75) is 19.6 Å². The number of aromatic nitrogens is 3. The van der Waals surface area contributed by atoms with Crippen molar-refractivity contribution in [3.05, 3.63) is 89.3 Å². The molecule has 0 aliphatic rings. The van der Waals surface area contributed by atoms with E-state index in [1.807, 2.05) is 0 Å². The van der Waals surface area contributed by atoms with Crippen molar-refractivity contribution in [3.8, 4) is 0 Å². The molecule has 9 heteroatoms. The van der Waals surface area contributed by atoms with Crippen LogP contribution in [-0.4, -0.2) is 13.7 Å². The summed E-state index contributed by atoms with van der Waals surface area (Å²) in [5.74, 6) is 1.86. The highest BCUT2D eigenvalue weighted by Crippen LogP contribution is 2.03. The molecular formula is C18H18N6O3. The van der Waals surface area contributed by atoms with E-state index in [-0.39, 0.29) is 36.5 Å². The van der Waals surface area contributed by atoms with Crippen LogP contribution in [0.15, 0.2) is 68.4 Å². The number of nitrogens with one attached hydrogen (secondary N) is 3. The zero-order valence-corrected chi connectivity index (χ0v) is 14.4. The van der Waals surface area contributed by atoms with E-state index in [0.29, 0.717) is 17.3 Å². The normalized spacial score (nSPS) is 11.1. The van der Waals surface area contributed by atoms with E-state index in [1.54, 1.807) is 55.2 Å². The maximum absolute atomic E-state index is 8.55. The molecule has 0 spiro atoms. The molecule has 0 saturated carbocycles. The maximum atomic E-state index is 8.55. The Morgan fingerprint density at radius 1 is 0.556 bits per heavy atom. The molecule has 0 atom stereocenters. The van der Waals surface area contributed by atoms with Crippen molar-refractivity contribution in [3.63, 3.8) is 0 Å². The van der Waals surface area contributed by atoms with E-state index in [2.05, 4.69) is 0 Å². The molecule has 0 aliphatic heterocycles. The third-order valence-corrected chi connectivity index (χ3v) is 4.22. The molecule has 0 saturated heterocycles. The lowest BCUT2D eigenvalue weighted by Gasteiger charge is -2.17. The van der Waals surface area contributed by atoms with Crippen molar-refractivity contribution in [2.75, 3.05) is 0 Å². The van der Waals surface area contributed by atoms with Gasteiger partial charge in [-0.05, 0) is 36.4 Å². The molecule has 9 nitrogen and oxygen atoms in total. The van der Waals surface area contributed by atoms with E-state index in [4.69, 9.17) is 29.5 Å². The van der Waals surface area contributed by atoms with Crippen LogP contribution in [0.25, 0.3) is 0 Å². The van der Waals surface area contributed by atoms with E-state index >= 15 is 0 Å². The summed E-state index contributed by atoms with van der Waals surface area (Å²) in [5.41, 5.74) is 0.0236. The third kappa shape index (κ3) is 3.22. The summed E-state index contributed by atoms with van der Waals surface area (Å²) in [6.45, 7) is 0.629. The Kier molecular flexibility index (Phi) is 4.25. The molecule has 4 rings (SSSR count). The average Bonchev–Trinajstić information content (AvgIpc) is 3.43. The SMILES string of the molecule is N=c1n(Cc2ccco2)c(=N)n(Cc2ccco2)c(=N)n1Cc1ccco1. The number of furan rings is 3. The van der Waals surface area contributed by atoms with Gasteiger partial charge < -0.3 is 13.3 Å². The number of hydrogen-bond acceptors (Lipinski definition) is 6. The van der Waals surface area contributed by atoms with Crippen molar-refractivity contribution < 1.29 is 13.3 Å². The molecule has 138 valence electrons. The van der Waals surface area contributed by atoms with Gasteiger partial charge in [0, 0.05) is 0 Å². The van der Waals surface area contributed by atoms with Crippen LogP contribution in [0.2, 0.25) is 0 Å². The Morgan fingerprint density at radius 3 is 1.07 bits per heavy atom. The standard InChI is InChI=1S/C18H18N6O3/c19-16-22(10-13-4-1-7-25-13)17(20)24(12-15-6-3-9-27-15)18(21)23(16)11-14-5-2-8-26-14/h1-9,19-21H,10-12H2. The average molecular weight is 366 g/mol. The van der Waals surface area contributed by atoms with Gasteiger partial charge in [0.25, 0.3) is 0 Å². The predicted molar refractivity (Wildman–Crippen MR) is 91.4 cm³/mol. The Labute approximate surface area is 152 Å². The summed E-state index contributed by atoms with van der Waals surface area (Å²) >= 11 is 0. The van der Waals surface area contributed by atoms with Gasteiger partial charge in [-0.25, -0.2) is 0 Å². The minimum absolute atomic E-state index is 0.00787. The molecule has 0 unspecified atom stereocenters. The van der Waals surface area contributed by atoms with E-state index < -0.39 is 0 Å². The van der Waals surface area contributed by atoms with Crippen LogP contribution in [0, 0.1) is 16.2 Å². The predicted octanol–water partition coefficient (Wildman–Crippen LogP) is 1.45. The van der Waals surface area contributed by atoms with Gasteiger partial charge in [0.2, 0.25) is 16.9 Å². The van der Waals surface area contributed by atoms with E-state index in [9.17, 15) is 0 Å². The summed E-state index contributed by atoms with van der Waals surface area (Å²) in [7, 11) is 0. The second-order valence-electron chi connectivity index (χ2n) is 5.97. The second-order valence-corrected chi connectivity index (χ2v) is 5.97. The van der Waals surface area contributed by atoms with Crippen LogP contribution in [0.1, 0.15) is 17.3 Å². The lowest BCUT2D eigenvalue weighted by Crippen LogP contribution is -2.55. The van der Waals surface area contributed by atoms with Crippen LogP contribution in [0.4, 0.5) is 0 Å². The van der Waals surface area contributed by atoms with Gasteiger partial charge in [-0.3, -0.25) is 29.9 Å². The first-order valence-corrected chi connectivity index (χ1v) is 8.29. The lowest BCUT2D eigenvalue weighted by atomic mass is 10.4. The largest absolute Gasteiger partial charge is 0.467 e. The minimum atomic E-state index is 0.00787. The second kappa shape index (κ2) is 6.87. The topological polar surface area (TPSA) is 126 Å². The highest BCUT2D eigenvalue weighted by molar-refractivity contribution is 5.02. The minimum Gasteiger partial charge on any atom is -0.467 e. The van der Waals surface area contributed by atoms with Crippen molar-refractivity contribution in [1.29, 1.82) is 16.2 Å². The van der Waals surface area contributed by atoms with Crippen LogP contribution >= 0.6 is 0 Å². The molecule has 27 heavy (non-hydrogen) atoms. The molecule has 0 aliphatic carbocycles. The van der Waals surface area contributed by atoms with Gasteiger partial charge in [-0.1, -0.05) is 0 Å². The molecule has 4 heterocycles. The zero-order valence-electron chi connectivity index (χ0n) is 14.4. The first-order chi connectivity index (χ1) is 13.1.